The maximum Gasteiger partial charge on any atom is 0.214 e. The maximum atomic E-state index is 12.3. The minimum atomic E-state index is -3.04. The molecule has 2 fully saturated rings. The molecule has 0 radical (unpaired) electrons. The van der Waals surface area contributed by atoms with Crippen LogP contribution in [0, 0.1) is 11.8 Å². The summed E-state index contributed by atoms with van der Waals surface area (Å²) >= 11 is 0. The molecule has 0 amide bonds. The van der Waals surface area contributed by atoms with Gasteiger partial charge in [0.2, 0.25) is 10.0 Å². The summed E-state index contributed by atoms with van der Waals surface area (Å²) in [6.45, 7) is 3.30. The third kappa shape index (κ3) is 3.45. The van der Waals surface area contributed by atoms with E-state index in [0.29, 0.717) is 30.7 Å². The van der Waals surface area contributed by atoms with E-state index < -0.39 is 10.0 Å². The van der Waals surface area contributed by atoms with Crippen LogP contribution in [0.1, 0.15) is 45.4 Å². The molecule has 0 bridgehead atoms. The molecule has 1 aliphatic heterocycles. The SMILES string of the molecule is CC(N)C1CCCN(S(=O)(=O)CCC2CCC2)C1. The van der Waals surface area contributed by atoms with Gasteiger partial charge in [0, 0.05) is 19.1 Å². The second-order valence-corrected chi connectivity index (χ2v) is 8.11. The molecule has 0 aromatic heterocycles. The number of nitrogens with two attached hydrogens (primary N) is 1. The molecular weight excluding hydrogens is 248 g/mol. The van der Waals surface area contributed by atoms with Gasteiger partial charge < -0.3 is 5.73 Å². The summed E-state index contributed by atoms with van der Waals surface area (Å²) in [7, 11) is -3.04. The van der Waals surface area contributed by atoms with Crippen LogP contribution in [0.2, 0.25) is 0 Å². The Bertz CT molecular complexity index is 363. The van der Waals surface area contributed by atoms with Crippen LogP contribution in [0.3, 0.4) is 0 Å². The highest BCUT2D eigenvalue weighted by atomic mass is 32.2. The quantitative estimate of drug-likeness (QED) is 0.827. The monoisotopic (exact) mass is 274 g/mol. The Morgan fingerprint density at radius 1 is 1.28 bits per heavy atom. The van der Waals surface area contributed by atoms with Gasteiger partial charge in [-0.2, -0.15) is 0 Å². The van der Waals surface area contributed by atoms with Crippen molar-refractivity contribution in [2.24, 2.45) is 17.6 Å². The second kappa shape index (κ2) is 5.88. The number of hydrogen-bond donors (Lipinski definition) is 1. The van der Waals surface area contributed by atoms with Gasteiger partial charge in [0.1, 0.15) is 0 Å². The highest BCUT2D eigenvalue weighted by Gasteiger charge is 2.31. The van der Waals surface area contributed by atoms with Crippen LogP contribution < -0.4 is 5.73 Å². The zero-order valence-electron chi connectivity index (χ0n) is 11.3. The Hall–Kier alpha value is -0.130. The molecule has 0 aromatic rings. The van der Waals surface area contributed by atoms with Crippen LogP contribution in [-0.4, -0.2) is 37.6 Å². The largest absolute Gasteiger partial charge is 0.328 e. The summed E-state index contributed by atoms with van der Waals surface area (Å²) < 4.78 is 26.3. The predicted molar refractivity (Wildman–Crippen MR) is 73.7 cm³/mol. The first-order valence-electron chi connectivity index (χ1n) is 7.22. The third-order valence-electron chi connectivity index (χ3n) is 4.57. The summed E-state index contributed by atoms with van der Waals surface area (Å²) in [6, 6.07) is 0.0923. The lowest BCUT2D eigenvalue weighted by atomic mass is 9.84. The third-order valence-corrected chi connectivity index (χ3v) is 6.44. The van der Waals surface area contributed by atoms with E-state index in [2.05, 4.69) is 0 Å². The van der Waals surface area contributed by atoms with Crippen molar-refractivity contribution in [3.63, 3.8) is 0 Å². The van der Waals surface area contributed by atoms with Gasteiger partial charge in [0.05, 0.1) is 5.75 Å². The van der Waals surface area contributed by atoms with E-state index in [-0.39, 0.29) is 6.04 Å². The lowest BCUT2D eigenvalue weighted by Crippen LogP contribution is -2.45. The Morgan fingerprint density at radius 3 is 2.56 bits per heavy atom. The topological polar surface area (TPSA) is 63.4 Å². The van der Waals surface area contributed by atoms with Gasteiger partial charge in [0.15, 0.2) is 0 Å². The fourth-order valence-corrected chi connectivity index (χ4v) is 4.60. The van der Waals surface area contributed by atoms with Crippen molar-refractivity contribution >= 4 is 10.0 Å². The highest BCUT2D eigenvalue weighted by molar-refractivity contribution is 7.89. The zero-order chi connectivity index (χ0) is 13.2. The van der Waals surface area contributed by atoms with Crippen molar-refractivity contribution in [1.82, 2.24) is 4.31 Å². The Morgan fingerprint density at radius 2 is 2.00 bits per heavy atom. The molecule has 2 atom stereocenters. The summed E-state index contributed by atoms with van der Waals surface area (Å²) in [4.78, 5) is 0. The van der Waals surface area contributed by atoms with Crippen molar-refractivity contribution in [3.05, 3.63) is 0 Å². The van der Waals surface area contributed by atoms with E-state index in [0.717, 1.165) is 19.3 Å². The summed E-state index contributed by atoms with van der Waals surface area (Å²) in [6.07, 6.45) is 6.58. The van der Waals surface area contributed by atoms with E-state index >= 15 is 0 Å². The van der Waals surface area contributed by atoms with Gasteiger partial charge in [-0.05, 0) is 38.0 Å². The standard InChI is InChI=1S/C13H26N2O2S/c1-11(14)13-6-3-8-15(10-13)18(16,17)9-7-12-4-2-5-12/h11-13H,2-10,14H2,1H3. The number of sulfonamides is 1. The maximum absolute atomic E-state index is 12.3. The molecule has 18 heavy (non-hydrogen) atoms. The minimum Gasteiger partial charge on any atom is -0.328 e. The van der Waals surface area contributed by atoms with Crippen LogP contribution in [-0.2, 0) is 10.0 Å². The molecule has 2 unspecified atom stereocenters. The molecule has 2 N–H and O–H groups in total. The molecule has 2 rings (SSSR count). The molecule has 1 saturated carbocycles. The normalized spacial score (nSPS) is 28.9. The first-order valence-corrected chi connectivity index (χ1v) is 8.83. The van der Waals surface area contributed by atoms with Gasteiger partial charge in [0.25, 0.3) is 0 Å². The number of hydrogen-bond acceptors (Lipinski definition) is 3. The Labute approximate surface area is 111 Å². The molecule has 106 valence electrons. The molecule has 4 nitrogen and oxygen atoms in total. The fraction of sp³-hybridized carbons (Fsp3) is 1.00. The smallest absolute Gasteiger partial charge is 0.214 e. The van der Waals surface area contributed by atoms with Crippen molar-refractivity contribution in [3.8, 4) is 0 Å². The highest BCUT2D eigenvalue weighted by Crippen LogP contribution is 2.30. The van der Waals surface area contributed by atoms with E-state index in [4.69, 9.17) is 5.73 Å². The Kier molecular flexibility index (Phi) is 4.67. The lowest BCUT2D eigenvalue weighted by Gasteiger charge is -2.34. The summed E-state index contributed by atoms with van der Waals surface area (Å²) in [5.41, 5.74) is 5.90. The van der Waals surface area contributed by atoms with Crippen molar-refractivity contribution < 1.29 is 8.42 Å². The molecule has 0 aromatic carbocycles. The van der Waals surface area contributed by atoms with Gasteiger partial charge in [-0.3, -0.25) is 0 Å². The lowest BCUT2D eigenvalue weighted by molar-refractivity contribution is 0.241. The molecular formula is C13H26N2O2S. The van der Waals surface area contributed by atoms with Crippen LogP contribution in [0.5, 0.6) is 0 Å². The average Bonchev–Trinajstić information content (AvgIpc) is 2.27. The molecule has 1 heterocycles. The second-order valence-electron chi connectivity index (χ2n) is 6.02. The first-order chi connectivity index (χ1) is 8.49. The van der Waals surface area contributed by atoms with Crippen LogP contribution in [0.4, 0.5) is 0 Å². The molecule has 1 saturated heterocycles. The average molecular weight is 274 g/mol. The van der Waals surface area contributed by atoms with Crippen LogP contribution >= 0.6 is 0 Å². The summed E-state index contributed by atoms with van der Waals surface area (Å²) in [5, 5.41) is 0. The molecule has 5 heteroatoms. The minimum absolute atomic E-state index is 0.0923. The van der Waals surface area contributed by atoms with Gasteiger partial charge in [-0.25, -0.2) is 12.7 Å². The zero-order valence-corrected chi connectivity index (χ0v) is 12.2. The van der Waals surface area contributed by atoms with E-state index in [1.54, 1.807) is 4.31 Å². The predicted octanol–water partition coefficient (Wildman–Crippen LogP) is 1.57. The fourth-order valence-electron chi connectivity index (χ4n) is 2.88. The van der Waals surface area contributed by atoms with Crippen LogP contribution in [0.25, 0.3) is 0 Å². The molecule has 1 aliphatic carbocycles. The molecule has 2 aliphatic rings. The molecule has 0 spiro atoms. The Balaban J connectivity index is 1.87. The number of rotatable bonds is 5. The van der Waals surface area contributed by atoms with Crippen molar-refractivity contribution in [1.29, 1.82) is 0 Å². The van der Waals surface area contributed by atoms with Gasteiger partial charge in [-0.1, -0.05) is 19.3 Å². The summed E-state index contributed by atoms with van der Waals surface area (Å²) in [5.74, 6) is 1.33. The number of nitrogens with zero attached hydrogens (tertiary/aromatic N) is 1. The number of piperidine rings is 1. The first kappa shape index (κ1) is 14.3. The van der Waals surface area contributed by atoms with E-state index in [1.165, 1.54) is 19.3 Å². The van der Waals surface area contributed by atoms with Crippen molar-refractivity contribution in [2.75, 3.05) is 18.8 Å². The van der Waals surface area contributed by atoms with Crippen LogP contribution in [0.15, 0.2) is 0 Å². The van der Waals surface area contributed by atoms with Crippen molar-refractivity contribution in [2.45, 2.75) is 51.5 Å². The van der Waals surface area contributed by atoms with E-state index in [1.807, 2.05) is 6.92 Å². The van der Waals surface area contributed by atoms with Gasteiger partial charge >= 0.3 is 0 Å². The van der Waals surface area contributed by atoms with Gasteiger partial charge in [-0.15, -0.1) is 0 Å². The van der Waals surface area contributed by atoms with E-state index in [9.17, 15) is 8.42 Å².